The van der Waals surface area contributed by atoms with Gasteiger partial charge in [0.15, 0.2) is 34.5 Å². The third-order valence-corrected chi connectivity index (χ3v) is 10.9. The number of ether oxygens (including phenoxy) is 6. The summed E-state index contributed by atoms with van der Waals surface area (Å²) in [5, 5.41) is 0. The second-order valence-electron chi connectivity index (χ2n) is 13.5. The smallest absolute Gasteiger partial charge is 0.229 e. The lowest BCUT2D eigenvalue weighted by Crippen LogP contribution is -2.34. The van der Waals surface area contributed by atoms with Crippen LogP contribution in [0.5, 0.6) is 46.0 Å². The van der Waals surface area contributed by atoms with E-state index in [0.29, 0.717) is 58.1 Å². The summed E-state index contributed by atoms with van der Waals surface area (Å²) in [7, 11) is 7.02. The van der Waals surface area contributed by atoms with Crippen LogP contribution in [0, 0.1) is 0 Å². The van der Waals surface area contributed by atoms with Crippen molar-refractivity contribution >= 4 is 15.7 Å². The first-order valence-electron chi connectivity index (χ1n) is 17.0. The second-order valence-corrected chi connectivity index (χ2v) is 15.2. The summed E-state index contributed by atoms with van der Waals surface area (Å²) in [5.41, 5.74) is 6.66. The van der Waals surface area contributed by atoms with E-state index in [4.69, 9.17) is 28.4 Å². The zero-order valence-corrected chi connectivity index (χ0v) is 31.0. The lowest BCUT2D eigenvalue weighted by atomic mass is 9.87. The van der Waals surface area contributed by atoms with Crippen LogP contribution in [0.3, 0.4) is 0 Å². The van der Waals surface area contributed by atoms with Gasteiger partial charge in [-0.3, -0.25) is 14.5 Å². The number of benzene rings is 4. The fraction of sp³-hybridized carbons (Fsp3) is 0.385. The molecule has 4 aliphatic heterocycles. The Hall–Kier alpha value is -4.65. The predicted octanol–water partition coefficient (Wildman–Crippen LogP) is 6.53. The number of fused-ring (bicyclic) bond motifs is 2. The van der Waals surface area contributed by atoms with E-state index in [0.717, 1.165) is 60.9 Å². The van der Waals surface area contributed by atoms with Gasteiger partial charge in [-0.2, -0.15) is 0 Å². The number of nitrogens with zero attached hydrogens (tertiary/aromatic N) is 2. The van der Waals surface area contributed by atoms with Crippen molar-refractivity contribution in [3.05, 3.63) is 88.0 Å². The number of hydrogen-bond donors (Lipinski definition) is 1. The van der Waals surface area contributed by atoms with E-state index in [-0.39, 0.29) is 12.1 Å². The van der Waals surface area contributed by atoms with Crippen LogP contribution in [0.25, 0.3) is 0 Å². The molecule has 0 spiro atoms. The van der Waals surface area contributed by atoms with Gasteiger partial charge in [0.05, 0.1) is 40.4 Å². The molecule has 0 aromatic heterocycles. The van der Waals surface area contributed by atoms with E-state index in [2.05, 4.69) is 52.9 Å². The molecule has 4 heterocycles. The Balaban J connectivity index is 1.50. The summed E-state index contributed by atoms with van der Waals surface area (Å²) in [6.45, 7) is 1.67. The highest BCUT2D eigenvalue weighted by molar-refractivity contribution is 7.92. The Bertz CT molecular complexity index is 2070. The summed E-state index contributed by atoms with van der Waals surface area (Å²) in [6, 6.07) is 17.7. The van der Waals surface area contributed by atoms with Gasteiger partial charge >= 0.3 is 0 Å². The summed E-state index contributed by atoms with van der Waals surface area (Å²) in [5.74, 6) is 4.28. The Morgan fingerprint density at radius 1 is 0.706 bits per heavy atom. The number of rotatable bonds is 6. The van der Waals surface area contributed by atoms with E-state index in [1.807, 2.05) is 24.3 Å². The van der Waals surface area contributed by atoms with Crippen molar-refractivity contribution in [2.24, 2.45) is 0 Å². The average Bonchev–Trinajstić information content (AvgIpc) is 3.10. The van der Waals surface area contributed by atoms with Crippen LogP contribution in [0.15, 0.2) is 54.6 Å². The maximum atomic E-state index is 12.7. The Morgan fingerprint density at radius 2 is 1.33 bits per heavy atom. The molecule has 12 heteroatoms. The normalized spacial score (nSPS) is 18.7. The SMILES string of the molecule is COc1cc(NS(C)(=O)=O)c2cc1Oc1ccc(cc1)C[C@H]1c3cc(c(OC)cc3CCN1C)Oc1c(OC)c(OC)cc3c1[C@H](C2)N(C)CC3. The molecule has 1 N–H and O–H groups in total. The van der Waals surface area contributed by atoms with E-state index >= 15 is 0 Å². The van der Waals surface area contributed by atoms with Gasteiger partial charge in [-0.15, -0.1) is 0 Å². The minimum atomic E-state index is -3.64. The summed E-state index contributed by atoms with van der Waals surface area (Å²) < 4.78 is 65.1. The van der Waals surface area contributed by atoms with Gasteiger partial charge in [-0.25, -0.2) is 8.42 Å². The van der Waals surface area contributed by atoms with Gasteiger partial charge < -0.3 is 28.4 Å². The van der Waals surface area contributed by atoms with Gasteiger partial charge in [0, 0.05) is 36.8 Å². The highest BCUT2D eigenvalue weighted by Crippen LogP contribution is 2.52. The quantitative estimate of drug-likeness (QED) is 0.237. The molecule has 51 heavy (non-hydrogen) atoms. The molecule has 0 unspecified atom stereocenters. The standard InChI is InChI=1S/C39H45N3O8S/c1-41-14-12-24-18-32(45-3)35-21-28(24)30(41)16-23-8-10-27(11-9-23)49-34-20-26(29(22-33(34)46-4)40-51(7,43)44)17-31-37-25(13-15-42(31)2)19-36(47-5)38(48-6)39(37)50-35/h8-11,18-22,30-31,40H,12-17H2,1-7H3/t30-,31-/m0/s1. The molecule has 4 aromatic rings. The summed E-state index contributed by atoms with van der Waals surface area (Å²) in [6.07, 6.45) is 3.95. The van der Waals surface area contributed by atoms with E-state index in [9.17, 15) is 8.42 Å². The first-order valence-corrected chi connectivity index (χ1v) is 18.9. The number of likely N-dealkylation sites (N-methyl/N-ethyl adjacent to an activating group) is 2. The lowest BCUT2D eigenvalue weighted by molar-refractivity contribution is 0.220. The largest absolute Gasteiger partial charge is 0.493 e. The van der Waals surface area contributed by atoms with E-state index in [1.54, 1.807) is 34.5 Å². The molecule has 8 rings (SSSR count). The number of hydrogen-bond acceptors (Lipinski definition) is 10. The number of anilines is 1. The first kappa shape index (κ1) is 34.8. The highest BCUT2D eigenvalue weighted by atomic mass is 32.2. The van der Waals surface area contributed by atoms with Crippen molar-refractivity contribution in [1.82, 2.24) is 9.80 Å². The van der Waals surface area contributed by atoms with Crippen LogP contribution in [0.1, 0.15) is 45.5 Å². The zero-order valence-electron chi connectivity index (χ0n) is 30.2. The molecule has 4 aliphatic rings. The van der Waals surface area contributed by atoms with Crippen LogP contribution in [0.4, 0.5) is 5.69 Å². The van der Waals surface area contributed by atoms with Crippen molar-refractivity contribution in [2.45, 2.75) is 37.8 Å². The molecule has 0 radical (unpaired) electrons. The third kappa shape index (κ3) is 6.75. The zero-order chi connectivity index (χ0) is 36.0. The van der Waals surface area contributed by atoms with Crippen molar-refractivity contribution in [3.8, 4) is 46.0 Å². The van der Waals surface area contributed by atoms with Crippen LogP contribution in [-0.4, -0.2) is 80.1 Å². The predicted molar refractivity (Wildman–Crippen MR) is 196 cm³/mol. The van der Waals surface area contributed by atoms with Gasteiger partial charge in [-0.1, -0.05) is 12.1 Å². The Morgan fingerprint density at radius 3 is 2.00 bits per heavy atom. The average molecular weight is 716 g/mol. The molecular weight excluding hydrogens is 671 g/mol. The number of nitrogens with one attached hydrogen (secondary N) is 1. The van der Waals surface area contributed by atoms with Crippen molar-refractivity contribution < 1.29 is 36.8 Å². The van der Waals surface area contributed by atoms with Crippen molar-refractivity contribution in [3.63, 3.8) is 0 Å². The minimum Gasteiger partial charge on any atom is -0.493 e. The number of methoxy groups -OCH3 is 4. The van der Waals surface area contributed by atoms with Crippen molar-refractivity contribution in [2.75, 3.05) is 66.6 Å². The molecule has 2 atom stereocenters. The van der Waals surface area contributed by atoms with E-state index < -0.39 is 10.0 Å². The molecule has 11 nitrogen and oxygen atoms in total. The van der Waals surface area contributed by atoms with Crippen LogP contribution >= 0.6 is 0 Å². The Labute approximate surface area is 300 Å². The summed E-state index contributed by atoms with van der Waals surface area (Å²) in [4.78, 5) is 4.64. The molecular formula is C39H45N3O8S. The molecule has 0 fully saturated rings. The molecule has 270 valence electrons. The van der Waals surface area contributed by atoms with Crippen LogP contribution in [-0.2, 0) is 35.7 Å². The van der Waals surface area contributed by atoms with Gasteiger partial charge in [0.1, 0.15) is 5.75 Å². The third-order valence-electron chi connectivity index (χ3n) is 10.3. The van der Waals surface area contributed by atoms with Gasteiger partial charge in [0.2, 0.25) is 15.8 Å². The van der Waals surface area contributed by atoms with Gasteiger partial charge in [0.25, 0.3) is 0 Å². The van der Waals surface area contributed by atoms with Crippen LogP contribution in [0.2, 0.25) is 0 Å². The fourth-order valence-electron chi connectivity index (χ4n) is 7.64. The lowest BCUT2D eigenvalue weighted by Gasteiger charge is -2.37. The van der Waals surface area contributed by atoms with Gasteiger partial charge in [-0.05, 0) is 104 Å². The highest BCUT2D eigenvalue weighted by Gasteiger charge is 2.35. The van der Waals surface area contributed by atoms with Crippen LogP contribution < -0.4 is 33.1 Å². The fourth-order valence-corrected chi connectivity index (χ4v) is 8.23. The summed E-state index contributed by atoms with van der Waals surface area (Å²) >= 11 is 0. The monoisotopic (exact) mass is 715 g/mol. The molecule has 0 saturated carbocycles. The molecule has 4 aromatic carbocycles. The molecule has 0 amide bonds. The van der Waals surface area contributed by atoms with Crippen molar-refractivity contribution in [1.29, 1.82) is 0 Å². The maximum Gasteiger partial charge on any atom is 0.229 e. The number of sulfonamides is 1. The minimum absolute atomic E-state index is 0.102. The second kappa shape index (κ2) is 13.8. The molecule has 0 aliphatic carbocycles. The molecule has 6 bridgehead atoms. The van der Waals surface area contributed by atoms with E-state index in [1.165, 1.54) is 11.1 Å². The Kier molecular flexibility index (Phi) is 9.42. The molecule has 0 saturated heterocycles. The maximum absolute atomic E-state index is 12.7. The first-order chi connectivity index (χ1) is 24.5. The topological polar surface area (TPSA) is 108 Å².